The number of aliphatic hydroxyl groups excluding tert-OH is 1. The van der Waals surface area contributed by atoms with Crippen LogP contribution in [-0.2, 0) is 12.6 Å². The standard InChI is InChI=1S/C22H19F3N4O2S/c23-22(24,25)14-3-1-4-15(11-14)32-20-12-19(27-13-28-20)29-9-7-16-17(5-2-6-18(16)29)21(31)26-8-10-30/h1-6,11-13,30H,7-10H2,(H,26,31). The summed E-state index contributed by atoms with van der Waals surface area (Å²) in [7, 11) is 0. The fraction of sp³-hybridized carbons (Fsp3) is 0.227. The van der Waals surface area contributed by atoms with Gasteiger partial charge in [-0.3, -0.25) is 4.79 Å². The first-order chi connectivity index (χ1) is 15.4. The van der Waals surface area contributed by atoms with Crippen LogP contribution in [0.4, 0.5) is 24.7 Å². The van der Waals surface area contributed by atoms with Crippen molar-refractivity contribution in [2.45, 2.75) is 22.5 Å². The molecule has 1 aliphatic rings. The van der Waals surface area contributed by atoms with Gasteiger partial charge in [-0.25, -0.2) is 9.97 Å². The van der Waals surface area contributed by atoms with E-state index in [4.69, 9.17) is 5.11 Å². The molecule has 0 spiro atoms. The third-order valence-corrected chi connectivity index (χ3v) is 5.88. The molecule has 0 saturated carbocycles. The zero-order valence-electron chi connectivity index (χ0n) is 16.8. The lowest BCUT2D eigenvalue weighted by Gasteiger charge is -2.19. The van der Waals surface area contributed by atoms with Crippen molar-refractivity contribution in [3.63, 3.8) is 0 Å². The molecule has 32 heavy (non-hydrogen) atoms. The molecule has 0 unspecified atom stereocenters. The minimum Gasteiger partial charge on any atom is -0.395 e. The summed E-state index contributed by atoms with van der Waals surface area (Å²) in [6, 6.07) is 12.2. The summed E-state index contributed by atoms with van der Waals surface area (Å²) in [6.45, 7) is 0.638. The molecular weight excluding hydrogens is 441 g/mol. The van der Waals surface area contributed by atoms with E-state index in [1.54, 1.807) is 24.3 Å². The van der Waals surface area contributed by atoms with Gasteiger partial charge in [-0.05, 0) is 42.3 Å². The van der Waals surface area contributed by atoms with Crippen molar-refractivity contribution in [3.05, 3.63) is 71.5 Å². The van der Waals surface area contributed by atoms with E-state index in [1.807, 2.05) is 11.0 Å². The smallest absolute Gasteiger partial charge is 0.395 e. The molecule has 166 valence electrons. The molecule has 0 bridgehead atoms. The van der Waals surface area contributed by atoms with Crippen molar-refractivity contribution in [2.24, 2.45) is 0 Å². The SMILES string of the molecule is O=C(NCCO)c1cccc2c1CCN2c1cc(Sc2cccc(C(F)(F)F)c2)ncn1. The Morgan fingerprint density at radius 2 is 1.97 bits per heavy atom. The van der Waals surface area contributed by atoms with E-state index in [0.717, 1.165) is 35.1 Å². The number of halogens is 3. The molecule has 1 amide bonds. The zero-order valence-corrected chi connectivity index (χ0v) is 17.6. The third-order valence-electron chi connectivity index (χ3n) is 4.96. The van der Waals surface area contributed by atoms with Crippen LogP contribution in [0.3, 0.4) is 0 Å². The third kappa shape index (κ3) is 4.71. The molecule has 1 aliphatic heterocycles. The molecule has 0 radical (unpaired) electrons. The maximum atomic E-state index is 13.0. The number of alkyl halides is 3. The summed E-state index contributed by atoms with van der Waals surface area (Å²) in [5.74, 6) is 0.349. The molecule has 6 nitrogen and oxygen atoms in total. The lowest BCUT2D eigenvalue weighted by molar-refractivity contribution is -0.137. The van der Waals surface area contributed by atoms with Gasteiger partial charge in [0, 0.05) is 35.3 Å². The van der Waals surface area contributed by atoms with E-state index in [1.165, 1.54) is 12.4 Å². The first-order valence-electron chi connectivity index (χ1n) is 9.82. The highest BCUT2D eigenvalue weighted by atomic mass is 32.2. The van der Waals surface area contributed by atoms with E-state index in [2.05, 4.69) is 15.3 Å². The molecule has 0 aliphatic carbocycles. The van der Waals surface area contributed by atoms with Gasteiger partial charge < -0.3 is 15.3 Å². The number of anilines is 2. The van der Waals surface area contributed by atoms with Crippen molar-refractivity contribution in [1.29, 1.82) is 0 Å². The molecule has 0 fully saturated rings. The molecule has 4 rings (SSSR count). The van der Waals surface area contributed by atoms with Crippen LogP contribution in [0.5, 0.6) is 0 Å². The number of aromatic nitrogens is 2. The van der Waals surface area contributed by atoms with E-state index in [-0.39, 0.29) is 19.1 Å². The van der Waals surface area contributed by atoms with Crippen LogP contribution in [0.25, 0.3) is 0 Å². The van der Waals surface area contributed by atoms with Crippen LogP contribution < -0.4 is 10.2 Å². The fourth-order valence-electron chi connectivity index (χ4n) is 3.54. The van der Waals surface area contributed by atoms with E-state index < -0.39 is 11.7 Å². The lowest BCUT2D eigenvalue weighted by atomic mass is 10.0. The van der Waals surface area contributed by atoms with Crippen LogP contribution in [0.15, 0.2) is 64.8 Å². The number of aliphatic hydroxyl groups is 1. The predicted molar refractivity (Wildman–Crippen MR) is 114 cm³/mol. The Hall–Kier alpha value is -3.11. The highest BCUT2D eigenvalue weighted by Gasteiger charge is 2.30. The second kappa shape index (κ2) is 9.17. The van der Waals surface area contributed by atoms with Crippen molar-refractivity contribution >= 4 is 29.2 Å². The maximum Gasteiger partial charge on any atom is 0.416 e. The number of amides is 1. The molecule has 0 atom stereocenters. The first-order valence-corrected chi connectivity index (χ1v) is 10.6. The summed E-state index contributed by atoms with van der Waals surface area (Å²) in [4.78, 5) is 23.3. The van der Waals surface area contributed by atoms with E-state index in [0.29, 0.717) is 34.3 Å². The molecule has 0 saturated heterocycles. The minimum absolute atomic E-state index is 0.139. The molecule has 2 aromatic carbocycles. The Morgan fingerprint density at radius 1 is 1.16 bits per heavy atom. The number of hydrogen-bond acceptors (Lipinski definition) is 6. The van der Waals surface area contributed by atoms with Gasteiger partial charge in [0.1, 0.15) is 17.2 Å². The summed E-state index contributed by atoms with van der Waals surface area (Å²) < 4.78 is 39.0. The lowest BCUT2D eigenvalue weighted by Crippen LogP contribution is -2.27. The van der Waals surface area contributed by atoms with Crippen molar-refractivity contribution < 1.29 is 23.1 Å². The van der Waals surface area contributed by atoms with Crippen molar-refractivity contribution in [1.82, 2.24) is 15.3 Å². The number of hydrogen-bond donors (Lipinski definition) is 2. The highest BCUT2D eigenvalue weighted by Crippen LogP contribution is 2.38. The number of fused-ring (bicyclic) bond motifs is 1. The largest absolute Gasteiger partial charge is 0.416 e. The Labute approximate surface area is 186 Å². The summed E-state index contributed by atoms with van der Waals surface area (Å²) in [6.07, 6.45) is -2.40. The van der Waals surface area contributed by atoms with Crippen molar-refractivity contribution in [3.8, 4) is 0 Å². The average Bonchev–Trinajstić information content (AvgIpc) is 3.21. The Bertz CT molecular complexity index is 1140. The minimum atomic E-state index is -4.41. The van der Waals surface area contributed by atoms with E-state index >= 15 is 0 Å². The monoisotopic (exact) mass is 460 g/mol. The Balaban J connectivity index is 1.58. The second-order valence-electron chi connectivity index (χ2n) is 7.03. The average molecular weight is 460 g/mol. The summed E-state index contributed by atoms with van der Waals surface area (Å²) >= 11 is 1.12. The van der Waals surface area contributed by atoms with Gasteiger partial charge >= 0.3 is 6.18 Å². The maximum absolute atomic E-state index is 13.0. The van der Waals surface area contributed by atoms with Gasteiger partial charge in [-0.1, -0.05) is 23.9 Å². The van der Waals surface area contributed by atoms with Gasteiger partial charge in [-0.15, -0.1) is 0 Å². The highest BCUT2D eigenvalue weighted by molar-refractivity contribution is 7.99. The number of carbonyl (C=O) groups excluding carboxylic acids is 1. The van der Waals surface area contributed by atoms with Gasteiger partial charge in [0.2, 0.25) is 0 Å². The molecule has 1 aromatic heterocycles. The van der Waals surface area contributed by atoms with Crippen LogP contribution in [0.1, 0.15) is 21.5 Å². The van der Waals surface area contributed by atoms with Crippen LogP contribution in [0, 0.1) is 0 Å². The quantitative estimate of drug-likeness (QED) is 0.540. The van der Waals surface area contributed by atoms with E-state index in [9.17, 15) is 18.0 Å². The Kier molecular flexibility index (Phi) is 6.33. The van der Waals surface area contributed by atoms with Crippen LogP contribution >= 0.6 is 11.8 Å². The zero-order chi connectivity index (χ0) is 22.7. The molecule has 2 N–H and O–H groups in total. The molecule has 3 aromatic rings. The first kappa shape index (κ1) is 22.1. The molecular formula is C22H19F3N4O2S. The van der Waals surface area contributed by atoms with Crippen molar-refractivity contribution in [2.75, 3.05) is 24.6 Å². The number of nitrogens with one attached hydrogen (secondary N) is 1. The Morgan fingerprint density at radius 3 is 2.75 bits per heavy atom. The molecule has 2 heterocycles. The summed E-state index contributed by atoms with van der Waals surface area (Å²) in [5.41, 5.74) is 1.56. The second-order valence-corrected chi connectivity index (χ2v) is 8.12. The van der Waals surface area contributed by atoms with Crippen LogP contribution in [-0.4, -0.2) is 40.7 Å². The topological polar surface area (TPSA) is 78.4 Å². The van der Waals surface area contributed by atoms with Gasteiger partial charge in [0.25, 0.3) is 5.91 Å². The number of carbonyl (C=O) groups is 1. The molecule has 10 heteroatoms. The fourth-order valence-corrected chi connectivity index (χ4v) is 4.38. The van der Waals surface area contributed by atoms with Gasteiger partial charge in [0.15, 0.2) is 0 Å². The van der Waals surface area contributed by atoms with Gasteiger partial charge in [0.05, 0.1) is 12.2 Å². The normalized spacial score (nSPS) is 13.2. The predicted octanol–water partition coefficient (Wildman–Crippen LogP) is 4.06. The number of benzene rings is 2. The van der Waals surface area contributed by atoms with Crippen LogP contribution in [0.2, 0.25) is 0 Å². The summed E-state index contributed by atoms with van der Waals surface area (Å²) in [5, 5.41) is 12.1. The van der Waals surface area contributed by atoms with Gasteiger partial charge in [-0.2, -0.15) is 13.2 Å². The number of rotatable bonds is 6. The number of nitrogens with zero attached hydrogens (tertiary/aromatic N) is 3.